The molecule has 2 aromatic carbocycles. The number of anilines is 1. The number of amides is 1. The van der Waals surface area contributed by atoms with Crippen LogP contribution < -0.4 is 9.64 Å². The summed E-state index contributed by atoms with van der Waals surface area (Å²) in [6, 6.07) is 4.64. The Morgan fingerprint density at radius 1 is 1.05 bits per heavy atom. The lowest BCUT2D eigenvalue weighted by atomic mass is 9.95. The van der Waals surface area contributed by atoms with Gasteiger partial charge in [0, 0.05) is 56.5 Å². The smallest absolute Gasteiger partial charge is 0.413 e. The summed E-state index contributed by atoms with van der Waals surface area (Å²) < 4.78 is 64.2. The standard InChI is InChI=1S/C44H47F3N6O6/c1-3-32-35(46)13-10-27-17-31(54)18-33(37(27)32)39-38(47)40-34(20-48-39)41(50-42(49-40)57-24-44-15-6-16-52(44)21-28(45)19-44)51-22-29-11-12-30(23-51)53(29)43(56)59-25(2)58-36(55)14-9-26-7-4-5-8-26/h1,10,13,17-18,20,25-26,28-30,54H,4-9,11-12,14-16,19,21-24H2,2H3/t25?,28?,29?,30?,44-/m0/s1. The van der Waals surface area contributed by atoms with E-state index in [9.17, 15) is 19.1 Å². The number of ether oxygens (including phenoxy) is 3. The molecule has 5 aliphatic rings. The van der Waals surface area contributed by atoms with E-state index in [0.717, 1.165) is 38.6 Å². The van der Waals surface area contributed by atoms with Crippen molar-refractivity contribution in [3.8, 4) is 35.4 Å². The molecule has 5 atom stereocenters. The zero-order chi connectivity index (χ0) is 41.0. The van der Waals surface area contributed by atoms with Gasteiger partial charge in [-0.05, 0) is 68.2 Å². The first-order chi connectivity index (χ1) is 28.5. The number of halogens is 3. The van der Waals surface area contributed by atoms with Crippen molar-refractivity contribution in [2.75, 3.05) is 37.7 Å². The maximum Gasteiger partial charge on any atom is 0.413 e. The summed E-state index contributed by atoms with van der Waals surface area (Å²) in [6.07, 6.45) is 13.6. The highest BCUT2D eigenvalue weighted by molar-refractivity contribution is 6.03. The van der Waals surface area contributed by atoms with Crippen molar-refractivity contribution in [2.45, 2.75) is 108 Å². The number of fused-ring (bicyclic) bond motifs is 5. The quantitative estimate of drug-likeness (QED) is 0.0976. The predicted octanol–water partition coefficient (Wildman–Crippen LogP) is 7.41. The third-order valence-corrected chi connectivity index (χ3v) is 13.1. The molecule has 6 heterocycles. The van der Waals surface area contributed by atoms with Gasteiger partial charge in [-0.25, -0.2) is 18.0 Å². The molecule has 1 saturated carbocycles. The average Bonchev–Trinajstić information content (AvgIpc) is 3.99. The molecule has 1 aliphatic carbocycles. The number of alkyl halides is 1. The van der Waals surface area contributed by atoms with Crippen LogP contribution in [0.5, 0.6) is 11.8 Å². The van der Waals surface area contributed by atoms with E-state index >= 15 is 8.78 Å². The summed E-state index contributed by atoms with van der Waals surface area (Å²) in [5.41, 5.74) is -0.892. The fraction of sp³-hybridized carbons (Fsp3) is 0.523. The third-order valence-electron chi connectivity index (χ3n) is 13.1. The SMILES string of the molecule is C#Cc1c(F)ccc2cc(O)cc(-c3ncc4c(N5CC6CCC(C5)N6C(=O)OC(C)OC(=O)CCC5CCCC5)nc(OC[C@@]56CCCN5CC(F)C6)nc4c3F)c12. The number of piperazine rings is 1. The van der Waals surface area contributed by atoms with E-state index in [4.69, 9.17) is 25.6 Å². The molecular formula is C44H47F3N6O6. The van der Waals surface area contributed by atoms with E-state index in [1.807, 2.05) is 4.90 Å². The fourth-order valence-electron chi connectivity index (χ4n) is 10.4. The largest absolute Gasteiger partial charge is 0.508 e. The molecule has 4 aromatic rings. The van der Waals surface area contributed by atoms with Crippen LogP contribution in [0.3, 0.4) is 0 Å². The lowest BCUT2D eigenvalue weighted by molar-refractivity contribution is -0.166. The molecule has 310 valence electrons. The van der Waals surface area contributed by atoms with Crippen LogP contribution in [-0.4, -0.2) is 105 Å². The third kappa shape index (κ3) is 7.34. The number of benzene rings is 2. The first-order valence-electron chi connectivity index (χ1n) is 20.7. The summed E-state index contributed by atoms with van der Waals surface area (Å²) >= 11 is 0. The van der Waals surface area contributed by atoms with E-state index in [0.29, 0.717) is 56.0 Å². The maximum atomic E-state index is 17.1. The Labute approximate surface area is 340 Å². The number of nitrogens with zero attached hydrogens (tertiary/aromatic N) is 6. The summed E-state index contributed by atoms with van der Waals surface area (Å²) in [5, 5.41) is 11.5. The van der Waals surface area contributed by atoms with Crippen molar-refractivity contribution < 1.29 is 42.1 Å². The Bertz CT molecular complexity index is 2340. The Morgan fingerprint density at radius 2 is 1.83 bits per heavy atom. The highest BCUT2D eigenvalue weighted by Crippen LogP contribution is 2.43. The van der Waals surface area contributed by atoms with Crippen LogP contribution in [0.4, 0.5) is 23.8 Å². The van der Waals surface area contributed by atoms with Gasteiger partial charge in [-0.15, -0.1) is 6.42 Å². The Balaban J connectivity index is 1.02. The zero-order valence-corrected chi connectivity index (χ0v) is 33.0. The van der Waals surface area contributed by atoms with Gasteiger partial charge in [0.15, 0.2) is 5.82 Å². The number of esters is 1. The highest BCUT2D eigenvalue weighted by Gasteiger charge is 2.50. The molecule has 1 amide bonds. The number of hydrogen-bond donors (Lipinski definition) is 1. The van der Waals surface area contributed by atoms with Gasteiger partial charge in [0.1, 0.15) is 41.4 Å². The average molecular weight is 813 g/mol. The second-order valence-electron chi connectivity index (χ2n) is 16.9. The van der Waals surface area contributed by atoms with Gasteiger partial charge in [0.2, 0.25) is 6.29 Å². The molecule has 5 fully saturated rings. The minimum atomic E-state index is -1.05. The van der Waals surface area contributed by atoms with Crippen molar-refractivity contribution in [1.82, 2.24) is 24.8 Å². The van der Waals surface area contributed by atoms with Crippen LogP contribution in [0.1, 0.15) is 83.1 Å². The van der Waals surface area contributed by atoms with Crippen LogP contribution in [0.15, 0.2) is 30.5 Å². The molecule has 2 bridgehead atoms. The van der Waals surface area contributed by atoms with E-state index in [2.05, 4.69) is 20.8 Å². The fourth-order valence-corrected chi connectivity index (χ4v) is 10.4. The van der Waals surface area contributed by atoms with Crippen molar-refractivity contribution in [3.05, 3.63) is 47.7 Å². The van der Waals surface area contributed by atoms with E-state index in [-0.39, 0.29) is 76.0 Å². The van der Waals surface area contributed by atoms with Gasteiger partial charge in [-0.1, -0.05) is 37.7 Å². The Hall–Kier alpha value is -5.36. The molecule has 4 saturated heterocycles. The normalized spacial score (nSPS) is 24.8. The van der Waals surface area contributed by atoms with Crippen LogP contribution in [0, 0.1) is 29.9 Å². The van der Waals surface area contributed by atoms with Crippen molar-refractivity contribution in [2.24, 2.45) is 5.92 Å². The summed E-state index contributed by atoms with van der Waals surface area (Å²) in [5.74, 6) is 1.11. The van der Waals surface area contributed by atoms with E-state index < -0.39 is 35.7 Å². The number of aromatic nitrogens is 3. The van der Waals surface area contributed by atoms with Gasteiger partial charge in [-0.2, -0.15) is 9.97 Å². The van der Waals surface area contributed by atoms with Crippen molar-refractivity contribution >= 4 is 39.6 Å². The summed E-state index contributed by atoms with van der Waals surface area (Å²) in [4.78, 5) is 45.7. The first-order valence-corrected chi connectivity index (χ1v) is 20.7. The lowest BCUT2D eigenvalue weighted by Crippen LogP contribution is -2.56. The first kappa shape index (κ1) is 39.1. The number of phenolic OH excluding ortho intramolecular Hbond substituents is 1. The Kier molecular flexibility index (Phi) is 10.4. The molecule has 2 aromatic heterocycles. The van der Waals surface area contributed by atoms with Gasteiger partial charge in [-0.3, -0.25) is 19.6 Å². The highest BCUT2D eigenvalue weighted by atomic mass is 19.1. The number of carbonyl (C=O) groups is 2. The number of hydrogen-bond acceptors (Lipinski definition) is 11. The van der Waals surface area contributed by atoms with E-state index in [1.165, 1.54) is 43.3 Å². The molecule has 4 aliphatic heterocycles. The molecule has 12 nitrogen and oxygen atoms in total. The topological polar surface area (TPSA) is 130 Å². The Morgan fingerprint density at radius 3 is 2.59 bits per heavy atom. The number of pyridine rings is 1. The van der Waals surface area contributed by atoms with Crippen LogP contribution in [-0.2, 0) is 14.3 Å². The minimum Gasteiger partial charge on any atom is -0.508 e. The van der Waals surface area contributed by atoms with Crippen LogP contribution in [0.25, 0.3) is 32.9 Å². The second-order valence-corrected chi connectivity index (χ2v) is 16.9. The van der Waals surface area contributed by atoms with Gasteiger partial charge < -0.3 is 24.2 Å². The summed E-state index contributed by atoms with van der Waals surface area (Å²) in [7, 11) is 0. The number of phenols is 1. The minimum absolute atomic E-state index is 0.0776. The van der Waals surface area contributed by atoms with Crippen LogP contribution in [0.2, 0.25) is 0 Å². The summed E-state index contributed by atoms with van der Waals surface area (Å²) in [6.45, 7) is 3.37. The predicted molar refractivity (Wildman–Crippen MR) is 212 cm³/mol. The monoisotopic (exact) mass is 812 g/mol. The maximum absolute atomic E-state index is 17.1. The molecule has 1 N–H and O–H groups in total. The molecule has 15 heteroatoms. The zero-order valence-electron chi connectivity index (χ0n) is 33.0. The van der Waals surface area contributed by atoms with Gasteiger partial charge in [0.25, 0.3) is 0 Å². The number of aromatic hydroxyl groups is 1. The molecule has 9 rings (SSSR count). The van der Waals surface area contributed by atoms with Crippen molar-refractivity contribution in [3.63, 3.8) is 0 Å². The second kappa shape index (κ2) is 15.7. The molecule has 0 spiro atoms. The number of rotatable bonds is 10. The number of carbonyl (C=O) groups excluding carboxylic acids is 2. The van der Waals surface area contributed by atoms with E-state index in [1.54, 1.807) is 11.8 Å². The lowest BCUT2D eigenvalue weighted by Gasteiger charge is -2.41. The number of terminal acetylenes is 1. The molecule has 59 heavy (non-hydrogen) atoms. The molecule has 0 radical (unpaired) electrons. The van der Waals surface area contributed by atoms with Gasteiger partial charge in [0.05, 0.1) is 28.6 Å². The van der Waals surface area contributed by atoms with Crippen LogP contribution >= 0.6 is 0 Å². The molecular weight excluding hydrogens is 766 g/mol. The van der Waals surface area contributed by atoms with Gasteiger partial charge >= 0.3 is 18.1 Å². The van der Waals surface area contributed by atoms with Crippen molar-refractivity contribution in [1.29, 1.82) is 0 Å². The molecule has 4 unspecified atom stereocenters.